The second-order valence-electron chi connectivity index (χ2n) is 5.59. The van der Waals surface area contributed by atoms with E-state index in [-0.39, 0.29) is 17.1 Å². The number of sulfonamides is 1. The van der Waals surface area contributed by atoms with Crippen LogP contribution in [0, 0.1) is 27.7 Å². The molecule has 23 heavy (non-hydrogen) atoms. The Labute approximate surface area is 135 Å². The van der Waals surface area contributed by atoms with Crippen molar-refractivity contribution in [3.05, 3.63) is 40.7 Å². The SMILES string of the molecule is Cc1cc(C)c(C)c(S(=O)(=O)Nc2cnn(CC(N)=O)c2)c1C. The van der Waals surface area contributed by atoms with Gasteiger partial charge in [-0.2, -0.15) is 5.10 Å². The number of primary amides is 1. The average Bonchev–Trinajstić information content (AvgIpc) is 2.81. The Morgan fingerprint density at radius 1 is 1.22 bits per heavy atom. The standard InChI is InChI=1S/C15H20N4O3S/c1-9-5-10(2)12(4)15(11(9)3)23(21,22)18-13-6-17-19(7-13)8-14(16)20/h5-7,18H,8H2,1-4H3,(H2,16,20). The number of hydrogen-bond acceptors (Lipinski definition) is 4. The van der Waals surface area contributed by atoms with Gasteiger partial charge in [0.25, 0.3) is 10.0 Å². The molecule has 8 heteroatoms. The van der Waals surface area contributed by atoms with Crippen molar-refractivity contribution in [2.45, 2.75) is 39.1 Å². The van der Waals surface area contributed by atoms with Crippen molar-refractivity contribution >= 4 is 21.6 Å². The van der Waals surface area contributed by atoms with E-state index in [1.807, 2.05) is 19.9 Å². The largest absolute Gasteiger partial charge is 0.368 e. The first-order valence-corrected chi connectivity index (χ1v) is 8.51. The average molecular weight is 336 g/mol. The molecule has 1 aromatic heterocycles. The first-order valence-electron chi connectivity index (χ1n) is 7.03. The monoisotopic (exact) mass is 336 g/mol. The van der Waals surface area contributed by atoms with Gasteiger partial charge >= 0.3 is 0 Å². The summed E-state index contributed by atoms with van der Waals surface area (Å²) in [7, 11) is -3.75. The van der Waals surface area contributed by atoms with E-state index in [2.05, 4.69) is 9.82 Å². The fraction of sp³-hybridized carbons (Fsp3) is 0.333. The zero-order valence-electron chi connectivity index (χ0n) is 13.5. The van der Waals surface area contributed by atoms with E-state index >= 15 is 0 Å². The van der Waals surface area contributed by atoms with Gasteiger partial charge in [0.2, 0.25) is 5.91 Å². The van der Waals surface area contributed by atoms with Crippen molar-refractivity contribution in [2.24, 2.45) is 5.73 Å². The molecular formula is C15H20N4O3S. The molecule has 0 radical (unpaired) electrons. The normalized spacial score (nSPS) is 11.5. The molecule has 0 saturated carbocycles. The van der Waals surface area contributed by atoms with Crippen LogP contribution in [-0.2, 0) is 21.4 Å². The number of aromatic nitrogens is 2. The van der Waals surface area contributed by atoms with Crippen LogP contribution in [0.1, 0.15) is 22.3 Å². The van der Waals surface area contributed by atoms with E-state index < -0.39 is 15.9 Å². The van der Waals surface area contributed by atoms with Gasteiger partial charge in [0.15, 0.2) is 0 Å². The van der Waals surface area contributed by atoms with E-state index in [9.17, 15) is 13.2 Å². The highest BCUT2D eigenvalue weighted by Crippen LogP contribution is 2.27. The van der Waals surface area contributed by atoms with Gasteiger partial charge in [0.05, 0.1) is 16.8 Å². The lowest BCUT2D eigenvalue weighted by molar-refractivity contribution is -0.118. The van der Waals surface area contributed by atoms with Crippen molar-refractivity contribution in [1.29, 1.82) is 0 Å². The van der Waals surface area contributed by atoms with Crippen molar-refractivity contribution < 1.29 is 13.2 Å². The quantitative estimate of drug-likeness (QED) is 0.860. The van der Waals surface area contributed by atoms with Gasteiger partial charge in [0, 0.05) is 6.20 Å². The summed E-state index contributed by atoms with van der Waals surface area (Å²) in [4.78, 5) is 11.1. The molecule has 7 nitrogen and oxygen atoms in total. The van der Waals surface area contributed by atoms with E-state index in [0.29, 0.717) is 11.1 Å². The first kappa shape index (κ1) is 17.0. The number of nitrogens with one attached hydrogen (secondary N) is 1. The van der Waals surface area contributed by atoms with Crippen LogP contribution in [0.3, 0.4) is 0 Å². The first-order chi connectivity index (χ1) is 10.6. The third kappa shape index (κ3) is 3.53. The van der Waals surface area contributed by atoms with Crippen LogP contribution in [-0.4, -0.2) is 24.1 Å². The molecule has 1 aromatic carbocycles. The Bertz CT molecular complexity index is 843. The molecule has 0 aliphatic carbocycles. The minimum absolute atomic E-state index is 0.108. The Morgan fingerprint density at radius 2 is 1.78 bits per heavy atom. The maximum atomic E-state index is 12.7. The van der Waals surface area contributed by atoms with Gasteiger partial charge in [-0.05, 0) is 49.9 Å². The van der Waals surface area contributed by atoms with Crippen LogP contribution in [0.5, 0.6) is 0 Å². The molecule has 0 fully saturated rings. The summed E-state index contributed by atoms with van der Waals surface area (Å²) < 4.78 is 29.3. The molecule has 3 N–H and O–H groups in total. The number of rotatable bonds is 5. The molecule has 0 atom stereocenters. The van der Waals surface area contributed by atoms with Crippen LogP contribution in [0.25, 0.3) is 0 Å². The predicted molar refractivity (Wildman–Crippen MR) is 87.6 cm³/mol. The molecule has 2 rings (SSSR count). The van der Waals surface area contributed by atoms with Gasteiger partial charge in [-0.15, -0.1) is 0 Å². The van der Waals surface area contributed by atoms with E-state index in [1.54, 1.807) is 13.8 Å². The highest BCUT2D eigenvalue weighted by atomic mass is 32.2. The summed E-state index contributed by atoms with van der Waals surface area (Å²) in [6, 6.07) is 1.97. The Kier molecular flexibility index (Phi) is 4.46. The van der Waals surface area contributed by atoms with Gasteiger partial charge in [0.1, 0.15) is 6.54 Å². The summed E-state index contributed by atoms with van der Waals surface area (Å²) >= 11 is 0. The fourth-order valence-electron chi connectivity index (χ4n) is 2.45. The van der Waals surface area contributed by atoms with Crippen molar-refractivity contribution in [3.8, 4) is 0 Å². The zero-order valence-corrected chi connectivity index (χ0v) is 14.4. The smallest absolute Gasteiger partial charge is 0.262 e. The molecular weight excluding hydrogens is 316 g/mol. The van der Waals surface area contributed by atoms with Crippen LogP contribution in [0.4, 0.5) is 5.69 Å². The summed E-state index contributed by atoms with van der Waals surface area (Å²) in [5.74, 6) is -0.552. The van der Waals surface area contributed by atoms with E-state index in [1.165, 1.54) is 17.1 Å². The molecule has 0 aliphatic rings. The van der Waals surface area contributed by atoms with Crippen molar-refractivity contribution in [2.75, 3.05) is 4.72 Å². The minimum atomic E-state index is -3.75. The summed E-state index contributed by atoms with van der Waals surface area (Å²) in [5.41, 5.74) is 8.62. The highest BCUT2D eigenvalue weighted by molar-refractivity contribution is 7.92. The Morgan fingerprint density at radius 3 is 2.30 bits per heavy atom. The third-order valence-corrected chi connectivity index (χ3v) is 5.42. The molecule has 1 heterocycles. The summed E-state index contributed by atoms with van der Waals surface area (Å²) in [6.07, 6.45) is 2.77. The number of anilines is 1. The fourth-order valence-corrected chi connectivity index (χ4v) is 4.10. The number of carbonyl (C=O) groups excluding carboxylic acids is 1. The Hall–Kier alpha value is -2.35. The lowest BCUT2D eigenvalue weighted by atomic mass is 10.0. The molecule has 0 aliphatic heterocycles. The number of nitrogens with two attached hydrogens (primary N) is 1. The van der Waals surface area contributed by atoms with Gasteiger partial charge < -0.3 is 5.73 Å². The third-order valence-electron chi connectivity index (χ3n) is 3.77. The van der Waals surface area contributed by atoms with Gasteiger partial charge in [-0.1, -0.05) is 6.07 Å². The second kappa shape index (κ2) is 6.04. The van der Waals surface area contributed by atoms with E-state index in [0.717, 1.165) is 11.1 Å². The molecule has 1 amide bonds. The molecule has 124 valence electrons. The maximum absolute atomic E-state index is 12.7. The highest BCUT2D eigenvalue weighted by Gasteiger charge is 2.22. The van der Waals surface area contributed by atoms with Crippen LogP contribution < -0.4 is 10.5 Å². The van der Waals surface area contributed by atoms with Crippen LogP contribution >= 0.6 is 0 Å². The predicted octanol–water partition coefficient (Wildman–Crippen LogP) is 1.40. The van der Waals surface area contributed by atoms with E-state index in [4.69, 9.17) is 5.73 Å². The number of amides is 1. The number of nitrogens with zero attached hydrogens (tertiary/aromatic N) is 2. The minimum Gasteiger partial charge on any atom is -0.368 e. The molecule has 0 bridgehead atoms. The van der Waals surface area contributed by atoms with Gasteiger partial charge in [-0.3, -0.25) is 14.2 Å². The number of benzene rings is 1. The van der Waals surface area contributed by atoms with Crippen LogP contribution in [0.15, 0.2) is 23.4 Å². The molecule has 0 unspecified atom stereocenters. The summed E-state index contributed by atoms with van der Waals surface area (Å²) in [5, 5.41) is 3.90. The van der Waals surface area contributed by atoms with Crippen molar-refractivity contribution in [3.63, 3.8) is 0 Å². The van der Waals surface area contributed by atoms with Gasteiger partial charge in [-0.25, -0.2) is 8.42 Å². The number of hydrogen-bond donors (Lipinski definition) is 2. The lowest BCUT2D eigenvalue weighted by Gasteiger charge is -2.16. The zero-order chi connectivity index (χ0) is 17.4. The second-order valence-corrected chi connectivity index (χ2v) is 7.21. The molecule has 0 spiro atoms. The topological polar surface area (TPSA) is 107 Å². The molecule has 2 aromatic rings. The van der Waals surface area contributed by atoms with Crippen LogP contribution in [0.2, 0.25) is 0 Å². The molecule has 0 saturated heterocycles. The Balaban J connectivity index is 2.40. The van der Waals surface area contributed by atoms with Crippen molar-refractivity contribution in [1.82, 2.24) is 9.78 Å². The number of aryl methyl sites for hydroxylation is 2. The maximum Gasteiger partial charge on any atom is 0.262 e. The lowest BCUT2D eigenvalue weighted by Crippen LogP contribution is -2.19. The number of carbonyl (C=O) groups is 1. The summed E-state index contributed by atoms with van der Waals surface area (Å²) in [6.45, 7) is 7.22.